The van der Waals surface area contributed by atoms with Crippen LogP contribution < -0.4 is 5.32 Å². The van der Waals surface area contributed by atoms with Crippen LogP contribution in [0.2, 0.25) is 0 Å². The molecule has 0 unspecified atom stereocenters. The molecule has 0 spiro atoms. The van der Waals surface area contributed by atoms with Crippen molar-refractivity contribution >= 4 is 11.9 Å². The van der Waals surface area contributed by atoms with Gasteiger partial charge in [-0.25, -0.2) is 4.79 Å². The third-order valence-electron chi connectivity index (χ3n) is 3.88. The Balaban J connectivity index is 2.07. The molecule has 1 saturated carbocycles. The van der Waals surface area contributed by atoms with E-state index in [1.54, 1.807) is 0 Å². The van der Waals surface area contributed by atoms with Gasteiger partial charge in [-0.2, -0.15) is 0 Å². The van der Waals surface area contributed by atoms with E-state index >= 15 is 0 Å². The van der Waals surface area contributed by atoms with Gasteiger partial charge in [-0.3, -0.25) is 9.78 Å². The number of nitrogens with zero attached hydrogens (tertiary/aromatic N) is 1. The molecule has 1 aliphatic rings. The van der Waals surface area contributed by atoms with Gasteiger partial charge in [-0.05, 0) is 25.0 Å². The minimum Gasteiger partial charge on any atom is -0.478 e. The molecule has 1 aromatic heterocycles. The Morgan fingerprint density at radius 3 is 2.65 bits per heavy atom. The molecular weight excluding hydrogens is 260 g/mol. The van der Waals surface area contributed by atoms with E-state index in [-0.39, 0.29) is 23.3 Å². The first-order chi connectivity index (χ1) is 9.58. The highest BCUT2D eigenvalue weighted by Gasteiger charge is 2.33. The molecule has 0 aromatic carbocycles. The van der Waals surface area contributed by atoms with E-state index in [1.807, 2.05) is 0 Å². The minimum absolute atomic E-state index is 0.0291. The first-order valence-electron chi connectivity index (χ1n) is 6.65. The number of amides is 1. The fraction of sp³-hybridized carbons (Fsp3) is 0.500. The number of aliphatic hydroxyl groups is 1. The van der Waals surface area contributed by atoms with Crippen LogP contribution in [0, 0.1) is 5.41 Å². The van der Waals surface area contributed by atoms with Gasteiger partial charge in [0.1, 0.15) is 5.69 Å². The van der Waals surface area contributed by atoms with Gasteiger partial charge in [0.05, 0.1) is 12.2 Å². The van der Waals surface area contributed by atoms with E-state index in [9.17, 15) is 14.7 Å². The van der Waals surface area contributed by atoms with Crippen LogP contribution in [0.4, 0.5) is 0 Å². The minimum atomic E-state index is -1.18. The van der Waals surface area contributed by atoms with Crippen molar-refractivity contribution in [3.8, 4) is 0 Å². The summed E-state index contributed by atoms with van der Waals surface area (Å²) in [5.74, 6) is -1.69. The normalized spacial score (nSPS) is 16.9. The molecule has 1 fully saturated rings. The number of pyridine rings is 1. The van der Waals surface area contributed by atoms with Crippen LogP contribution >= 0.6 is 0 Å². The average molecular weight is 278 g/mol. The van der Waals surface area contributed by atoms with Crippen molar-refractivity contribution in [1.29, 1.82) is 0 Å². The molecule has 6 heteroatoms. The van der Waals surface area contributed by atoms with E-state index in [1.165, 1.54) is 18.3 Å². The molecule has 1 aromatic rings. The number of rotatable bonds is 5. The van der Waals surface area contributed by atoms with Crippen molar-refractivity contribution < 1.29 is 19.8 Å². The number of aliphatic hydroxyl groups excluding tert-OH is 1. The number of carboxylic acid groups (broad SMARTS) is 1. The van der Waals surface area contributed by atoms with Gasteiger partial charge in [0.2, 0.25) is 0 Å². The topological polar surface area (TPSA) is 99.5 Å². The lowest BCUT2D eigenvalue weighted by molar-refractivity contribution is 0.0688. The Morgan fingerprint density at radius 1 is 1.35 bits per heavy atom. The summed E-state index contributed by atoms with van der Waals surface area (Å²) in [5.41, 5.74) is -0.478. The Bertz CT molecular complexity index is 510. The molecule has 0 aliphatic heterocycles. The Kier molecular flexibility index (Phi) is 4.34. The maximum atomic E-state index is 12.1. The zero-order valence-electron chi connectivity index (χ0n) is 11.1. The molecule has 0 radical (unpaired) electrons. The lowest BCUT2D eigenvalue weighted by Crippen LogP contribution is -2.39. The van der Waals surface area contributed by atoms with E-state index in [4.69, 9.17) is 5.11 Å². The molecule has 0 atom stereocenters. The zero-order valence-corrected chi connectivity index (χ0v) is 11.1. The van der Waals surface area contributed by atoms with E-state index < -0.39 is 11.9 Å². The van der Waals surface area contributed by atoms with Crippen molar-refractivity contribution in [3.63, 3.8) is 0 Å². The number of carbonyl (C=O) groups is 2. The molecule has 108 valence electrons. The third-order valence-corrected chi connectivity index (χ3v) is 3.88. The van der Waals surface area contributed by atoms with Gasteiger partial charge in [0.15, 0.2) is 0 Å². The predicted molar refractivity (Wildman–Crippen MR) is 71.5 cm³/mol. The summed E-state index contributed by atoms with van der Waals surface area (Å²) in [5, 5.41) is 21.2. The average Bonchev–Trinajstić information content (AvgIpc) is 2.94. The number of carbonyl (C=O) groups excluding carboxylic acids is 1. The van der Waals surface area contributed by atoms with Crippen molar-refractivity contribution in [3.05, 3.63) is 29.6 Å². The summed E-state index contributed by atoms with van der Waals surface area (Å²) in [6.45, 7) is 0.374. The molecular formula is C14H18N2O4. The van der Waals surface area contributed by atoms with Crippen molar-refractivity contribution in [2.75, 3.05) is 13.2 Å². The van der Waals surface area contributed by atoms with E-state index in [2.05, 4.69) is 10.3 Å². The number of aromatic nitrogens is 1. The summed E-state index contributed by atoms with van der Waals surface area (Å²) < 4.78 is 0. The quantitative estimate of drug-likeness (QED) is 0.748. The van der Waals surface area contributed by atoms with Crippen LogP contribution in [0.5, 0.6) is 0 Å². The maximum absolute atomic E-state index is 12.1. The van der Waals surface area contributed by atoms with Gasteiger partial charge in [0, 0.05) is 18.2 Å². The summed E-state index contributed by atoms with van der Waals surface area (Å²) in [4.78, 5) is 27.0. The monoisotopic (exact) mass is 278 g/mol. The molecule has 0 bridgehead atoms. The molecule has 0 saturated heterocycles. The second kappa shape index (κ2) is 6.00. The van der Waals surface area contributed by atoms with Crippen LogP contribution in [0.3, 0.4) is 0 Å². The van der Waals surface area contributed by atoms with Crippen molar-refractivity contribution in [1.82, 2.24) is 10.3 Å². The lowest BCUT2D eigenvalue weighted by Gasteiger charge is -2.26. The number of aromatic carboxylic acids is 1. The van der Waals surface area contributed by atoms with Crippen molar-refractivity contribution in [2.24, 2.45) is 5.41 Å². The van der Waals surface area contributed by atoms with Crippen LogP contribution in [0.25, 0.3) is 0 Å². The molecule has 3 N–H and O–H groups in total. The molecule has 1 heterocycles. The maximum Gasteiger partial charge on any atom is 0.338 e. The Hall–Kier alpha value is -1.95. The highest BCUT2D eigenvalue weighted by Crippen LogP contribution is 2.36. The van der Waals surface area contributed by atoms with Gasteiger partial charge in [0.25, 0.3) is 5.91 Å². The fourth-order valence-electron chi connectivity index (χ4n) is 2.63. The lowest BCUT2D eigenvalue weighted by atomic mass is 9.87. The standard InChI is InChI=1S/C14H18N2O4/c17-9-14(5-1-2-6-14)8-16-12(18)11-10(13(19)20)4-3-7-15-11/h3-4,7,17H,1-2,5-6,8-9H2,(H,16,18)(H,19,20). The largest absolute Gasteiger partial charge is 0.478 e. The second-order valence-electron chi connectivity index (χ2n) is 5.25. The van der Waals surface area contributed by atoms with Crippen LogP contribution in [-0.2, 0) is 0 Å². The summed E-state index contributed by atoms with van der Waals surface area (Å²) in [6.07, 6.45) is 5.22. The molecule has 1 aliphatic carbocycles. The number of hydrogen-bond acceptors (Lipinski definition) is 4. The highest BCUT2D eigenvalue weighted by atomic mass is 16.4. The van der Waals surface area contributed by atoms with Crippen LogP contribution in [-0.4, -0.2) is 40.2 Å². The van der Waals surface area contributed by atoms with Crippen molar-refractivity contribution in [2.45, 2.75) is 25.7 Å². The van der Waals surface area contributed by atoms with Gasteiger partial charge < -0.3 is 15.5 Å². The fourth-order valence-corrected chi connectivity index (χ4v) is 2.63. The Labute approximate surface area is 116 Å². The van der Waals surface area contributed by atoms with Gasteiger partial charge >= 0.3 is 5.97 Å². The number of hydrogen-bond donors (Lipinski definition) is 3. The van der Waals surface area contributed by atoms with E-state index in [0.717, 1.165) is 25.7 Å². The Morgan fingerprint density at radius 2 is 2.05 bits per heavy atom. The van der Waals surface area contributed by atoms with Crippen LogP contribution in [0.15, 0.2) is 18.3 Å². The smallest absolute Gasteiger partial charge is 0.338 e. The number of carboxylic acids is 1. The molecule has 6 nitrogen and oxygen atoms in total. The highest BCUT2D eigenvalue weighted by molar-refractivity contribution is 6.03. The third kappa shape index (κ3) is 2.96. The molecule has 20 heavy (non-hydrogen) atoms. The molecule has 1 amide bonds. The molecule has 2 rings (SSSR count). The van der Waals surface area contributed by atoms with Gasteiger partial charge in [-0.1, -0.05) is 12.8 Å². The van der Waals surface area contributed by atoms with Crippen LogP contribution in [0.1, 0.15) is 46.5 Å². The van der Waals surface area contributed by atoms with Gasteiger partial charge in [-0.15, -0.1) is 0 Å². The summed E-state index contributed by atoms with van der Waals surface area (Å²) >= 11 is 0. The number of nitrogens with one attached hydrogen (secondary N) is 1. The summed E-state index contributed by atoms with van der Waals surface area (Å²) in [7, 11) is 0. The van der Waals surface area contributed by atoms with E-state index in [0.29, 0.717) is 6.54 Å². The SMILES string of the molecule is O=C(O)c1cccnc1C(=O)NCC1(CO)CCCC1. The first kappa shape index (κ1) is 14.5. The first-order valence-corrected chi connectivity index (χ1v) is 6.65. The predicted octanol–water partition coefficient (Wildman–Crippen LogP) is 1.06. The summed E-state index contributed by atoms with van der Waals surface area (Å²) in [6, 6.07) is 2.83. The zero-order chi connectivity index (χ0) is 14.6. The second-order valence-corrected chi connectivity index (χ2v) is 5.25.